The van der Waals surface area contributed by atoms with Crippen LogP contribution in [0.15, 0.2) is 24.3 Å². The third kappa shape index (κ3) is 6.23. The van der Waals surface area contributed by atoms with Crippen LogP contribution in [-0.4, -0.2) is 63.4 Å². The Labute approximate surface area is 191 Å². The lowest BCUT2D eigenvalue weighted by molar-refractivity contribution is -0.138. The van der Waals surface area contributed by atoms with Gasteiger partial charge in [-0.25, -0.2) is 13.1 Å². The van der Waals surface area contributed by atoms with E-state index >= 15 is 0 Å². The van der Waals surface area contributed by atoms with E-state index in [0.29, 0.717) is 32.1 Å². The molecule has 8 heteroatoms. The second-order valence-electron chi connectivity index (χ2n) is 9.48. The van der Waals surface area contributed by atoms with E-state index in [1.165, 1.54) is 11.8 Å². The van der Waals surface area contributed by atoms with Crippen LogP contribution in [0.3, 0.4) is 0 Å². The first-order chi connectivity index (χ1) is 15.4. The Kier molecular flexibility index (Phi) is 7.74. The monoisotopic (exact) mass is 464 g/mol. The third-order valence-electron chi connectivity index (χ3n) is 7.02. The van der Waals surface area contributed by atoms with Crippen molar-refractivity contribution in [2.24, 2.45) is 0 Å². The molecule has 32 heavy (non-hydrogen) atoms. The molecule has 1 amide bonds. The molecule has 2 fully saturated rings. The number of amides is 1. The molecule has 0 spiro atoms. The molecule has 5 rings (SSSR count). The summed E-state index contributed by atoms with van der Waals surface area (Å²) in [6, 6.07) is 7.86. The van der Waals surface area contributed by atoms with Gasteiger partial charge in [0.2, 0.25) is 15.9 Å². The number of carbonyl (C=O) groups is 1. The van der Waals surface area contributed by atoms with Crippen LogP contribution < -0.4 is 9.46 Å². The first kappa shape index (κ1) is 23.5. The van der Waals surface area contributed by atoms with E-state index in [9.17, 15) is 13.2 Å². The molecule has 1 aliphatic carbocycles. The van der Waals surface area contributed by atoms with E-state index in [-0.39, 0.29) is 24.1 Å². The van der Waals surface area contributed by atoms with E-state index in [1.54, 1.807) is 0 Å². The largest absolute Gasteiger partial charge is 0.494 e. The molecule has 178 valence electrons. The van der Waals surface area contributed by atoms with E-state index in [1.807, 2.05) is 11.0 Å². The Morgan fingerprint density at radius 3 is 2.66 bits per heavy atom. The maximum Gasteiger partial charge on any atom is 0.222 e. The molecule has 1 saturated heterocycles. The maximum atomic E-state index is 13.1. The predicted molar refractivity (Wildman–Crippen MR) is 123 cm³/mol. The second kappa shape index (κ2) is 10.5. The number of nitrogens with one attached hydrogen (secondary N) is 1. The highest BCUT2D eigenvalue weighted by Gasteiger charge is 2.36. The second-order valence-corrected chi connectivity index (χ2v) is 11.3. The molecule has 1 aromatic carbocycles. The Hall–Kier alpha value is -1.64. The summed E-state index contributed by atoms with van der Waals surface area (Å²) in [6.45, 7) is 1.63. The molecule has 4 bridgehead atoms. The molecule has 0 aromatic heterocycles. The van der Waals surface area contributed by atoms with Crippen LogP contribution in [0.25, 0.3) is 0 Å². The number of hydrogen-bond donors (Lipinski definition) is 1. The molecule has 2 atom stereocenters. The van der Waals surface area contributed by atoms with Gasteiger partial charge in [-0.1, -0.05) is 12.1 Å². The summed E-state index contributed by atoms with van der Waals surface area (Å²) in [5.74, 6) is 1.50. The first-order valence-electron chi connectivity index (χ1n) is 12.0. The minimum absolute atomic E-state index is 0.0774. The van der Waals surface area contributed by atoms with Gasteiger partial charge in [-0.05, 0) is 75.0 Å². The molecular weight excluding hydrogens is 428 g/mol. The lowest BCUT2D eigenvalue weighted by Gasteiger charge is -2.42. The molecule has 0 radical (unpaired) electrons. The van der Waals surface area contributed by atoms with Gasteiger partial charge in [-0.3, -0.25) is 4.79 Å². The summed E-state index contributed by atoms with van der Waals surface area (Å²) in [6.07, 6.45) is 8.92. The molecule has 7 nitrogen and oxygen atoms in total. The van der Waals surface area contributed by atoms with Crippen molar-refractivity contribution in [2.75, 3.05) is 26.0 Å². The normalized spacial score (nSPS) is 30.3. The summed E-state index contributed by atoms with van der Waals surface area (Å²) >= 11 is 0. The van der Waals surface area contributed by atoms with Gasteiger partial charge in [0.15, 0.2) is 0 Å². The summed E-state index contributed by atoms with van der Waals surface area (Å²) in [4.78, 5) is 14.9. The van der Waals surface area contributed by atoms with Crippen LogP contribution in [-0.2, 0) is 19.6 Å². The van der Waals surface area contributed by atoms with E-state index in [2.05, 4.69) is 22.9 Å². The predicted octanol–water partition coefficient (Wildman–Crippen LogP) is 3.20. The highest BCUT2D eigenvalue weighted by molar-refractivity contribution is 7.88. The van der Waals surface area contributed by atoms with Crippen LogP contribution in [0.4, 0.5) is 0 Å². The van der Waals surface area contributed by atoms with Crippen molar-refractivity contribution in [2.45, 2.75) is 81.9 Å². The van der Waals surface area contributed by atoms with Crippen LogP contribution in [0.5, 0.6) is 5.75 Å². The van der Waals surface area contributed by atoms with Crippen LogP contribution >= 0.6 is 0 Å². The molecule has 3 heterocycles. The average molecular weight is 465 g/mol. The van der Waals surface area contributed by atoms with Crippen molar-refractivity contribution in [3.63, 3.8) is 0 Å². The number of ether oxygens (including phenoxy) is 2. The highest BCUT2D eigenvalue weighted by Crippen LogP contribution is 2.35. The van der Waals surface area contributed by atoms with Crippen molar-refractivity contribution in [3.05, 3.63) is 29.8 Å². The molecule has 4 aliphatic rings. The zero-order valence-corrected chi connectivity index (χ0v) is 19.8. The molecule has 1 saturated carbocycles. The van der Waals surface area contributed by atoms with Gasteiger partial charge in [-0.15, -0.1) is 0 Å². The number of benzene rings is 1. The van der Waals surface area contributed by atoms with E-state index < -0.39 is 10.0 Å². The Morgan fingerprint density at radius 2 is 1.88 bits per heavy atom. The fourth-order valence-electron chi connectivity index (χ4n) is 5.35. The molecule has 3 aliphatic heterocycles. The zero-order chi connectivity index (χ0) is 22.6. The van der Waals surface area contributed by atoms with Crippen molar-refractivity contribution in [1.29, 1.82) is 0 Å². The lowest BCUT2D eigenvalue weighted by atomic mass is 9.82. The molecule has 1 aromatic rings. The number of hydrogen-bond acceptors (Lipinski definition) is 5. The number of fused-ring (bicyclic) bond motifs is 8. The Balaban J connectivity index is 1.51. The lowest BCUT2D eigenvalue weighted by Crippen LogP contribution is -2.59. The molecule has 1 N–H and O–H groups in total. The Bertz CT molecular complexity index is 882. The van der Waals surface area contributed by atoms with Crippen molar-refractivity contribution in [3.8, 4) is 5.75 Å². The number of rotatable bonds is 2. The molecular formula is C24H36N2O5S. The van der Waals surface area contributed by atoms with Crippen LogP contribution in [0.1, 0.15) is 69.3 Å². The summed E-state index contributed by atoms with van der Waals surface area (Å²) in [5, 5.41) is 0. The summed E-state index contributed by atoms with van der Waals surface area (Å²) in [5.41, 5.74) is 1.33. The topological polar surface area (TPSA) is 84.9 Å². The van der Waals surface area contributed by atoms with Crippen molar-refractivity contribution < 1.29 is 22.7 Å². The van der Waals surface area contributed by atoms with Gasteiger partial charge < -0.3 is 14.4 Å². The van der Waals surface area contributed by atoms with Gasteiger partial charge in [0.25, 0.3) is 0 Å². The maximum absolute atomic E-state index is 13.1. The van der Waals surface area contributed by atoms with Crippen molar-refractivity contribution >= 4 is 15.9 Å². The third-order valence-corrected chi connectivity index (χ3v) is 7.76. The summed E-state index contributed by atoms with van der Waals surface area (Å²) < 4.78 is 39.0. The fourth-order valence-corrected chi connectivity index (χ4v) is 6.18. The quantitative estimate of drug-likeness (QED) is 0.727. The minimum atomic E-state index is -3.36. The summed E-state index contributed by atoms with van der Waals surface area (Å²) in [7, 11) is -3.36. The minimum Gasteiger partial charge on any atom is -0.494 e. The van der Waals surface area contributed by atoms with E-state index in [0.717, 1.165) is 57.1 Å². The number of nitrogens with zero attached hydrogens (tertiary/aromatic N) is 1. The highest BCUT2D eigenvalue weighted by atomic mass is 32.2. The van der Waals surface area contributed by atoms with Gasteiger partial charge in [0.1, 0.15) is 5.75 Å². The zero-order valence-electron chi connectivity index (χ0n) is 19.0. The van der Waals surface area contributed by atoms with Gasteiger partial charge in [0, 0.05) is 19.0 Å². The Morgan fingerprint density at radius 1 is 1.06 bits per heavy atom. The van der Waals surface area contributed by atoms with E-state index in [4.69, 9.17) is 9.47 Å². The number of carbonyl (C=O) groups excluding carboxylic acids is 1. The van der Waals surface area contributed by atoms with Gasteiger partial charge in [0.05, 0.1) is 31.6 Å². The van der Waals surface area contributed by atoms with Gasteiger partial charge in [-0.2, -0.15) is 0 Å². The number of sulfonamides is 1. The first-order valence-corrected chi connectivity index (χ1v) is 13.9. The van der Waals surface area contributed by atoms with Crippen molar-refractivity contribution in [1.82, 2.24) is 9.62 Å². The fraction of sp³-hybridized carbons (Fsp3) is 0.708. The smallest absolute Gasteiger partial charge is 0.222 e. The SMILES string of the molecule is CS(=O)(=O)N[C@H]1CCCN2C(=O)CCCCOc3cccc(c3)C3CCC(CC3)OC[C@@H]12. The van der Waals surface area contributed by atoms with Gasteiger partial charge >= 0.3 is 0 Å². The van der Waals surface area contributed by atoms with Crippen LogP contribution in [0, 0.1) is 0 Å². The van der Waals surface area contributed by atoms with Crippen LogP contribution in [0.2, 0.25) is 0 Å². The number of piperidine rings is 1. The molecule has 0 unspecified atom stereocenters. The standard InChI is InChI=1S/C24H36N2O5S/c1-32(28,29)25-22-8-5-14-26-23(22)17-31-20-12-10-18(11-13-20)19-6-4-7-21(16-19)30-15-3-2-9-24(26)27/h4,6-7,16,18,20,22-23,25H,2-3,5,8-15,17H2,1H3/t18?,20?,22-,23-/m0/s1. The average Bonchev–Trinajstić information content (AvgIpc) is 2.77.